The van der Waals surface area contributed by atoms with Crippen molar-refractivity contribution in [3.05, 3.63) is 35.4 Å². The summed E-state index contributed by atoms with van der Waals surface area (Å²) in [6.07, 6.45) is 0. The average molecular weight is 377 g/mol. The molecule has 2 N–H and O–H groups in total. The molecule has 2 rings (SSSR count). The van der Waals surface area contributed by atoms with Crippen LogP contribution in [0.5, 0.6) is 0 Å². The molecule has 18 heavy (non-hydrogen) atoms. The number of hydrogen-bond donors (Lipinski definition) is 1. The van der Waals surface area contributed by atoms with Gasteiger partial charge in [-0.25, -0.2) is 4.99 Å². The fourth-order valence-electron chi connectivity index (χ4n) is 1.88. The number of thioether (sulfide) groups is 1. The molecule has 1 aliphatic rings. The van der Waals surface area contributed by atoms with Crippen molar-refractivity contribution in [2.24, 2.45) is 10.7 Å². The van der Waals surface area contributed by atoms with Gasteiger partial charge in [-0.05, 0) is 12.5 Å². The van der Waals surface area contributed by atoms with E-state index in [2.05, 4.69) is 41.1 Å². The topological polar surface area (TPSA) is 41.6 Å². The quantitative estimate of drug-likeness (QED) is 0.489. The highest BCUT2D eigenvalue weighted by Crippen LogP contribution is 2.09. The van der Waals surface area contributed by atoms with E-state index in [1.54, 1.807) is 0 Å². The summed E-state index contributed by atoms with van der Waals surface area (Å²) in [6.45, 7) is 4.82. The van der Waals surface area contributed by atoms with Crippen LogP contribution in [0.15, 0.2) is 29.3 Å². The van der Waals surface area contributed by atoms with Crippen LogP contribution >= 0.6 is 35.7 Å². The van der Waals surface area contributed by atoms with Crippen LogP contribution in [-0.4, -0.2) is 35.5 Å². The molecule has 0 saturated carbocycles. The molecule has 1 aromatic carbocycles. The van der Waals surface area contributed by atoms with Gasteiger partial charge < -0.3 is 10.6 Å². The lowest BCUT2D eigenvalue weighted by Gasteiger charge is -2.27. The Kier molecular flexibility index (Phi) is 6.85. The maximum absolute atomic E-state index is 6.00. The van der Waals surface area contributed by atoms with E-state index in [1.807, 2.05) is 11.8 Å². The zero-order chi connectivity index (χ0) is 12.1. The average Bonchev–Trinajstić information content (AvgIpc) is 2.37. The van der Waals surface area contributed by atoms with Gasteiger partial charge in [0.1, 0.15) is 0 Å². The van der Waals surface area contributed by atoms with Crippen LogP contribution < -0.4 is 5.73 Å². The molecule has 1 aromatic rings. The normalized spacial score (nSPS) is 16.3. The zero-order valence-corrected chi connectivity index (χ0v) is 13.8. The van der Waals surface area contributed by atoms with E-state index < -0.39 is 0 Å². The van der Waals surface area contributed by atoms with E-state index in [0.29, 0.717) is 12.5 Å². The zero-order valence-electron chi connectivity index (χ0n) is 10.6. The van der Waals surface area contributed by atoms with Crippen LogP contribution in [0.2, 0.25) is 0 Å². The number of halogens is 1. The van der Waals surface area contributed by atoms with Gasteiger partial charge >= 0.3 is 0 Å². The number of nitrogens with two attached hydrogens (primary N) is 1. The first kappa shape index (κ1) is 15.6. The molecular formula is C13H20IN3S. The number of benzene rings is 1. The lowest BCUT2D eigenvalue weighted by Crippen LogP contribution is -2.42. The first-order valence-corrected chi connectivity index (χ1v) is 7.09. The van der Waals surface area contributed by atoms with Crippen molar-refractivity contribution >= 4 is 41.7 Å². The van der Waals surface area contributed by atoms with Crippen molar-refractivity contribution < 1.29 is 0 Å². The van der Waals surface area contributed by atoms with Crippen molar-refractivity contribution in [3.8, 4) is 0 Å². The number of aliphatic imine (C=N–C) groups is 1. The molecule has 0 spiro atoms. The van der Waals surface area contributed by atoms with Crippen molar-refractivity contribution in [1.82, 2.24) is 4.90 Å². The second kappa shape index (κ2) is 7.89. The summed E-state index contributed by atoms with van der Waals surface area (Å²) in [4.78, 5) is 6.64. The summed E-state index contributed by atoms with van der Waals surface area (Å²) in [7, 11) is 0. The number of aryl methyl sites for hydroxylation is 1. The fraction of sp³-hybridized carbons (Fsp3) is 0.462. The molecule has 1 heterocycles. The summed E-state index contributed by atoms with van der Waals surface area (Å²) < 4.78 is 0. The van der Waals surface area contributed by atoms with Gasteiger partial charge in [0.15, 0.2) is 5.96 Å². The van der Waals surface area contributed by atoms with E-state index in [4.69, 9.17) is 5.73 Å². The van der Waals surface area contributed by atoms with Crippen LogP contribution in [0, 0.1) is 6.92 Å². The largest absolute Gasteiger partial charge is 0.370 e. The molecule has 0 unspecified atom stereocenters. The van der Waals surface area contributed by atoms with E-state index >= 15 is 0 Å². The van der Waals surface area contributed by atoms with Gasteiger partial charge in [-0.1, -0.05) is 29.8 Å². The maximum Gasteiger partial charge on any atom is 0.191 e. The molecular weight excluding hydrogens is 357 g/mol. The smallest absolute Gasteiger partial charge is 0.191 e. The van der Waals surface area contributed by atoms with Gasteiger partial charge in [-0.3, -0.25) is 0 Å². The Balaban J connectivity index is 0.00000162. The molecule has 0 aromatic heterocycles. The molecule has 3 nitrogen and oxygen atoms in total. The predicted octanol–water partition coefficient (Wildman–Crippen LogP) is 2.48. The van der Waals surface area contributed by atoms with Gasteiger partial charge in [0, 0.05) is 24.6 Å². The second-order valence-corrected chi connectivity index (χ2v) is 5.49. The van der Waals surface area contributed by atoms with E-state index in [0.717, 1.165) is 24.6 Å². The second-order valence-electron chi connectivity index (χ2n) is 4.26. The Morgan fingerprint density at radius 2 is 2.11 bits per heavy atom. The minimum atomic E-state index is 0. The first-order valence-electron chi connectivity index (χ1n) is 5.94. The minimum absolute atomic E-state index is 0. The van der Waals surface area contributed by atoms with Gasteiger partial charge in [0.2, 0.25) is 0 Å². The summed E-state index contributed by atoms with van der Waals surface area (Å²) in [6, 6.07) is 8.41. The molecule has 0 aliphatic carbocycles. The highest BCUT2D eigenvalue weighted by atomic mass is 127. The minimum Gasteiger partial charge on any atom is -0.370 e. The van der Waals surface area contributed by atoms with Gasteiger partial charge in [0.25, 0.3) is 0 Å². The number of guanidine groups is 1. The lowest BCUT2D eigenvalue weighted by molar-refractivity contribution is 0.455. The Morgan fingerprint density at radius 3 is 2.78 bits per heavy atom. The van der Waals surface area contributed by atoms with Crippen molar-refractivity contribution in [3.63, 3.8) is 0 Å². The van der Waals surface area contributed by atoms with Gasteiger partial charge in [-0.2, -0.15) is 11.8 Å². The summed E-state index contributed by atoms with van der Waals surface area (Å²) in [5.41, 5.74) is 8.49. The van der Waals surface area contributed by atoms with Crippen molar-refractivity contribution in [2.75, 3.05) is 24.6 Å². The van der Waals surface area contributed by atoms with E-state index in [1.165, 1.54) is 11.1 Å². The van der Waals surface area contributed by atoms with Crippen LogP contribution in [-0.2, 0) is 6.54 Å². The molecule has 0 amide bonds. The highest BCUT2D eigenvalue weighted by molar-refractivity contribution is 14.0. The molecule has 0 radical (unpaired) electrons. The molecule has 100 valence electrons. The predicted molar refractivity (Wildman–Crippen MR) is 90.8 cm³/mol. The number of nitrogens with zero attached hydrogens (tertiary/aromatic N) is 2. The van der Waals surface area contributed by atoms with E-state index in [9.17, 15) is 0 Å². The molecule has 5 heteroatoms. The Bertz CT molecular complexity index is 403. The van der Waals surface area contributed by atoms with E-state index in [-0.39, 0.29) is 24.0 Å². The molecule has 0 bridgehead atoms. The molecule has 1 fully saturated rings. The Labute approximate surface area is 130 Å². The third-order valence-corrected chi connectivity index (χ3v) is 3.78. The Morgan fingerprint density at radius 1 is 1.39 bits per heavy atom. The van der Waals surface area contributed by atoms with Crippen molar-refractivity contribution in [2.45, 2.75) is 13.5 Å². The number of hydrogen-bond acceptors (Lipinski definition) is 2. The molecule has 1 aliphatic heterocycles. The van der Waals surface area contributed by atoms with Gasteiger partial charge in [-0.15, -0.1) is 24.0 Å². The van der Waals surface area contributed by atoms with Crippen LogP contribution in [0.3, 0.4) is 0 Å². The van der Waals surface area contributed by atoms with Crippen molar-refractivity contribution in [1.29, 1.82) is 0 Å². The standard InChI is InChI=1S/C13H19N3S.HI/c1-11-3-2-4-12(9-11)10-15-13(14)16-5-7-17-8-6-16;/h2-4,9H,5-8,10H2,1H3,(H2,14,15);1H. The lowest BCUT2D eigenvalue weighted by atomic mass is 10.1. The Hall–Kier alpha value is -0.430. The van der Waals surface area contributed by atoms with Crippen LogP contribution in [0.1, 0.15) is 11.1 Å². The van der Waals surface area contributed by atoms with Gasteiger partial charge in [0.05, 0.1) is 6.54 Å². The third kappa shape index (κ3) is 4.68. The first-order chi connectivity index (χ1) is 8.25. The fourth-order valence-corrected chi connectivity index (χ4v) is 2.78. The highest BCUT2D eigenvalue weighted by Gasteiger charge is 2.11. The molecule has 1 saturated heterocycles. The molecule has 0 atom stereocenters. The summed E-state index contributed by atoms with van der Waals surface area (Å²) in [5.74, 6) is 2.99. The number of rotatable bonds is 2. The SMILES string of the molecule is Cc1cccc(CN=C(N)N2CCSCC2)c1.I. The monoisotopic (exact) mass is 377 g/mol. The van der Waals surface area contributed by atoms with Crippen LogP contribution in [0.25, 0.3) is 0 Å². The summed E-state index contributed by atoms with van der Waals surface area (Å²) in [5, 5.41) is 0. The van der Waals surface area contributed by atoms with Crippen LogP contribution in [0.4, 0.5) is 0 Å². The maximum atomic E-state index is 6.00. The third-order valence-electron chi connectivity index (χ3n) is 2.84. The summed E-state index contributed by atoms with van der Waals surface area (Å²) >= 11 is 1.98.